The average molecular weight is 459 g/mol. The molecule has 0 N–H and O–H groups in total. The van der Waals surface area contributed by atoms with Gasteiger partial charge in [0.15, 0.2) is 0 Å². The molecule has 1 aromatic carbocycles. The predicted octanol–water partition coefficient (Wildman–Crippen LogP) is 6.99. The standard InChI is InChI=1S/C24H21F3N2O2S/c1-2-19-18(14-7-9-15(10-8-14)24(25,26)27)11-16(31-19)12-30-22-21-17-5-3-4-6-20(17)32-23(21)29-13-28-22/h7-11,13H,2-6,12H2,1H3. The van der Waals surface area contributed by atoms with E-state index in [1.165, 1.54) is 35.3 Å². The molecule has 3 aromatic heterocycles. The first-order chi connectivity index (χ1) is 15.4. The minimum Gasteiger partial charge on any atom is -0.469 e. The summed E-state index contributed by atoms with van der Waals surface area (Å²) in [5.74, 6) is 1.87. The number of rotatable bonds is 5. The molecule has 0 saturated carbocycles. The van der Waals surface area contributed by atoms with Crippen LogP contribution in [0.4, 0.5) is 13.2 Å². The van der Waals surface area contributed by atoms with Crippen molar-refractivity contribution in [1.82, 2.24) is 9.97 Å². The number of nitrogens with zero attached hydrogens (tertiary/aromatic N) is 2. The van der Waals surface area contributed by atoms with Crippen molar-refractivity contribution in [2.24, 2.45) is 0 Å². The molecule has 5 rings (SSSR count). The zero-order valence-corrected chi connectivity index (χ0v) is 18.3. The second-order valence-electron chi connectivity index (χ2n) is 7.84. The molecule has 1 aliphatic carbocycles. The molecule has 0 fully saturated rings. The topological polar surface area (TPSA) is 48.2 Å². The van der Waals surface area contributed by atoms with Crippen LogP contribution in [-0.2, 0) is 32.0 Å². The van der Waals surface area contributed by atoms with Gasteiger partial charge in [-0.1, -0.05) is 19.1 Å². The average Bonchev–Trinajstić information content (AvgIpc) is 3.38. The summed E-state index contributed by atoms with van der Waals surface area (Å²) in [6.45, 7) is 2.13. The van der Waals surface area contributed by atoms with Gasteiger partial charge in [0.2, 0.25) is 5.88 Å². The van der Waals surface area contributed by atoms with Crippen LogP contribution in [0.3, 0.4) is 0 Å². The molecule has 4 nitrogen and oxygen atoms in total. The van der Waals surface area contributed by atoms with E-state index in [0.717, 1.165) is 47.2 Å². The zero-order valence-electron chi connectivity index (χ0n) is 17.5. The van der Waals surface area contributed by atoms with Crippen molar-refractivity contribution in [3.8, 4) is 17.0 Å². The Kier molecular flexibility index (Phi) is 5.41. The van der Waals surface area contributed by atoms with E-state index >= 15 is 0 Å². The van der Waals surface area contributed by atoms with Gasteiger partial charge < -0.3 is 9.15 Å². The number of alkyl halides is 3. The number of hydrogen-bond donors (Lipinski definition) is 0. The molecule has 0 unspecified atom stereocenters. The molecule has 0 radical (unpaired) electrons. The van der Waals surface area contributed by atoms with Gasteiger partial charge in [0.25, 0.3) is 0 Å². The number of halogens is 3. The fraction of sp³-hybridized carbons (Fsp3) is 0.333. The van der Waals surface area contributed by atoms with E-state index in [-0.39, 0.29) is 6.61 Å². The Hall–Kier alpha value is -2.87. The van der Waals surface area contributed by atoms with Gasteiger partial charge in [-0.3, -0.25) is 0 Å². The van der Waals surface area contributed by atoms with E-state index in [4.69, 9.17) is 9.15 Å². The summed E-state index contributed by atoms with van der Waals surface area (Å²) in [7, 11) is 0. The molecule has 0 aliphatic heterocycles. The Morgan fingerprint density at radius 2 is 1.88 bits per heavy atom. The lowest BCUT2D eigenvalue weighted by atomic mass is 9.97. The van der Waals surface area contributed by atoms with Crippen molar-refractivity contribution < 1.29 is 22.3 Å². The smallest absolute Gasteiger partial charge is 0.416 e. The van der Waals surface area contributed by atoms with Gasteiger partial charge in [-0.05, 0) is 55.0 Å². The number of hydrogen-bond acceptors (Lipinski definition) is 5. The number of ether oxygens (including phenoxy) is 1. The highest BCUT2D eigenvalue weighted by molar-refractivity contribution is 7.18. The molecule has 0 spiro atoms. The van der Waals surface area contributed by atoms with Crippen LogP contribution in [0.2, 0.25) is 0 Å². The highest BCUT2D eigenvalue weighted by Crippen LogP contribution is 2.39. The Morgan fingerprint density at radius 3 is 2.62 bits per heavy atom. The normalized spacial score (nSPS) is 14.0. The van der Waals surface area contributed by atoms with Crippen molar-refractivity contribution in [2.45, 2.75) is 51.8 Å². The van der Waals surface area contributed by atoms with Crippen molar-refractivity contribution >= 4 is 21.6 Å². The minimum atomic E-state index is -4.36. The summed E-state index contributed by atoms with van der Waals surface area (Å²) in [6.07, 6.45) is 2.22. The summed E-state index contributed by atoms with van der Waals surface area (Å²) < 4.78 is 50.7. The first kappa shape index (κ1) is 21.0. The van der Waals surface area contributed by atoms with Crippen molar-refractivity contribution in [3.05, 3.63) is 64.2 Å². The molecule has 166 valence electrons. The third-order valence-electron chi connectivity index (χ3n) is 5.77. The van der Waals surface area contributed by atoms with Gasteiger partial charge >= 0.3 is 6.18 Å². The third kappa shape index (κ3) is 3.88. The van der Waals surface area contributed by atoms with Gasteiger partial charge in [-0.2, -0.15) is 13.2 Å². The lowest BCUT2D eigenvalue weighted by Gasteiger charge is -2.11. The lowest BCUT2D eigenvalue weighted by Crippen LogP contribution is -2.04. The zero-order chi connectivity index (χ0) is 22.3. The van der Waals surface area contributed by atoms with Crippen molar-refractivity contribution in [2.75, 3.05) is 0 Å². The van der Waals surface area contributed by atoms with Crippen molar-refractivity contribution in [3.63, 3.8) is 0 Å². The van der Waals surface area contributed by atoms with Gasteiger partial charge in [-0.25, -0.2) is 9.97 Å². The quantitative estimate of drug-likeness (QED) is 0.323. The number of furan rings is 1. The summed E-state index contributed by atoms with van der Waals surface area (Å²) in [5, 5.41) is 0.998. The fourth-order valence-electron chi connectivity index (χ4n) is 4.21. The minimum absolute atomic E-state index is 0.185. The Labute approximate surface area is 187 Å². The largest absolute Gasteiger partial charge is 0.469 e. The van der Waals surface area contributed by atoms with E-state index in [9.17, 15) is 13.2 Å². The Morgan fingerprint density at radius 1 is 1.09 bits per heavy atom. The molecule has 8 heteroatoms. The summed E-state index contributed by atoms with van der Waals surface area (Å²) in [5.41, 5.74) is 2.09. The first-order valence-electron chi connectivity index (χ1n) is 10.6. The molecule has 32 heavy (non-hydrogen) atoms. The van der Waals surface area contributed by atoms with Crippen LogP contribution in [0, 0.1) is 0 Å². The summed E-state index contributed by atoms with van der Waals surface area (Å²) >= 11 is 1.71. The van der Waals surface area contributed by atoms with Crippen LogP contribution in [-0.4, -0.2) is 9.97 Å². The maximum Gasteiger partial charge on any atom is 0.416 e. The van der Waals surface area contributed by atoms with Crippen molar-refractivity contribution in [1.29, 1.82) is 0 Å². The number of thiophene rings is 1. The molecule has 3 heterocycles. The van der Waals surface area contributed by atoms with E-state index < -0.39 is 11.7 Å². The van der Waals surface area contributed by atoms with Gasteiger partial charge in [-0.15, -0.1) is 11.3 Å². The second-order valence-corrected chi connectivity index (χ2v) is 8.92. The fourth-order valence-corrected chi connectivity index (χ4v) is 5.43. The van der Waals surface area contributed by atoms with Gasteiger partial charge in [0, 0.05) is 16.9 Å². The first-order valence-corrected chi connectivity index (χ1v) is 11.4. The highest BCUT2D eigenvalue weighted by Gasteiger charge is 2.30. The maximum absolute atomic E-state index is 12.9. The molecule has 0 atom stereocenters. The van der Waals surface area contributed by atoms with Gasteiger partial charge in [0.05, 0.1) is 10.9 Å². The number of aryl methyl sites for hydroxylation is 3. The second kappa shape index (κ2) is 8.24. The molecular formula is C24H21F3N2O2S. The van der Waals surface area contributed by atoms with Gasteiger partial charge in [0.1, 0.15) is 29.3 Å². The van der Waals surface area contributed by atoms with E-state index in [1.54, 1.807) is 11.3 Å². The summed E-state index contributed by atoms with van der Waals surface area (Å²) in [6, 6.07) is 6.97. The molecule has 0 bridgehead atoms. The predicted molar refractivity (Wildman–Crippen MR) is 117 cm³/mol. The monoisotopic (exact) mass is 458 g/mol. The van der Waals surface area contributed by atoms with Crippen LogP contribution in [0.25, 0.3) is 21.3 Å². The van der Waals surface area contributed by atoms with Crippen LogP contribution in [0.15, 0.2) is 41.1 Å². The molecule has 0 amide bonds. The summed E-state index contributed by atoms with van der Waals surface area (Å²) in [4.78, 5) is 11.1. The van der Waals surface area contributed by atoms with Crippen LogP contribution >= 0.6 is 11.3 Å². The maximum atomic E-state index is 12.9. The number of benzene rings is 1. The van der Waals surface area contributed by atoms with Crippen LogP contribution < -0.4 is 4.74 Å². The molecule has 0 saturated heterocycles. The Balaban J connectivity index is 1.41. The van der Waals surface area contributed by atoms with E-state index in [0.29, 0.717) is 29.4 Å². The highest BCUT2D eigenvalue weighted by atomic mass is 32.1. The lowest BCUT2D eigenvalue weighted by molar-refractivity contribution is -0.137. The van der Waals surface area contributed by atoms with Crippen LogP contribution in [0.1, 0.15) is 47.3 Å². The number of aromatic nitrogens is 2. The molecule has 4 aromatic rings. The third-order valence-corrected chi connectivity index (χ3v) is 6.97. The Bertz CT molecular complexity index is 1260. The molecule has 1 aliphatic rings. The molecular weight excluding hydrogens is 437 g/mol. The van der Waals surface area contributed by atoms with E-state index in [2.05, 4.69) is 9.97 Å². The SMILES string of the molecule is CCc1oc(COc2ncnc3sc4c(c23)CCCC4)cc1-c1ccc(C(F)(F)F)cc1. The van der Waals surface area contributed by atoms with E-state index in [1.807, 2.05) is 13.0 Å². The van der Waals surface area contributed by atoms with Crippen LogP contribution in [0.5, 0.6) is 5.88 Å². The number of fused-ring (bicyclic) bond motifs is 3.